The van der Waals surface area contributed by atoms with E-state index in [0.717, 1.165) is 11.8 Å². The van der Waals surface area contributed by atoms with Crippen LogP contribution in [0.15, 0.2) is 54.2 Å². The van der Waals surface area contributed by atoms with Crippen molar-refractivity contribution in [2.45, 2.75) is 11.7 Å². The van der Waals surface area contributed by atoms with E-state index in [4.69, 9.17) is 34.8 Å². The van der Waals surface area contributed by atoms with Crippen molar-refractivity contribution in [3.8, 4) is 11.4 Å². The van der Waals surface area contributed by atoms with E-state index in [-0.39, 0.29) is 28.1 Å². The molecule has 0 aliphatic heterocycles. The van der Waals surface area contributed by atoms with E-state index in [9.17, 15) is 14.9 Å². The quantitative estimate of drug-likeness (QED) is 0.184. The van der Waals surface area contributed by atoms with Crippen LogP contribution in [0.2, 0.25) is 15.1 Å². The number of hydrogen-bond donors (Lipinski definition) is 1. The predicted molar refractivity (Wildman–Crippen MR) is 123 cm³/mol. The van der Waals surface area contributed by atoms with Gasteiger partial charge >= 0.3 is 0 Å². The number of nitro groups is 1. The molecule has 1 amide bonds. The Morgan fingerprint density at radius 3 is 2.65 bits per heavy atom. The largest absolute Gasteiger partial charge is 0.325 e. The fourth-order valence-corrected chi connectivity index (χ4v) is 4.04. The highest BCUT2D eigenvalue weighted by atomic mass is 35.5. The minimum absolute atomic E-state index is 0.0000498. The monoisotopic (exact) mass is 497 g/mol. The number of benzene rings is 2. The Kier molecular flexibility index (Phi) is 7.55. The zero-order valence-electron chi connectivity index (χ0n) is 15.7. The first-order valence-electron chi connectivity index (χ1n) is 8.66. The van der Waals surface area contributed by atoms with Gasteiger partial charge in [0.05, 0.1) is 15.7 Å². The highest BCUT2D eigenvalue weighted by Gasteiger charge is 2.18. The normalized spacial score (nSPS) is 10.7. The minimum Gasteiger partial charge on any atom is -0.325 e. The molecule has 31 heavy (non-hydrogen) atoms. The molecule has 160 valence electrons. The lowest BCUT2D eigenvalue weighted by Crippen LogP contribution is -2.15. The number of anilines is 1. The highest BCUT2D eigenvalue weighted by Crippen LogP contribution is 2.32. The number of thioether (sulfide) groups is 1. The lowest BCUT2D eigenvalue weighted by molar-refractivity contribution is -0.384. The zero-order valence-corrected chi connectivity index (χ0v) is 18.8. The summed E-state index contributed by atoms with van der Waals surface area (Å²) in [5.41, 5.74) is 0.621. The van der Waals surface area contributed by atoms with Crippen LogP contribution in [-0.2, 0) is 11.3 Å². The van der Waals surface area contributed by atoms with Crippen molar-refractivity contribution in [3.63, 3.8) is 0 Å². The van der Waals surface area contributed by atoms with Gasteiger partial charge in [-0.2, -0.15) is 0 Å². The average molecular weight is 499 g/mol. The van der Waals surface area contributed by atoms with E-state index in [2.05, 4.69) is 22.1 Å². The molecule has 0 aliphatic rings. The molecule has 2 aromatic carbocycles. The first-order chi connectivity index (χ1) is 14.8. The second-order valence-corrected chi connectivity index (χ2v) is 8.28. The van der Waals surface area contributed by atoms with Gasteiger partial charge < -0.3 is 5.32 Å². The average Bonchev–Trinajstić information content (AvgIpc) is 3.10. The molecule has 1 N–H and O–H groups in total. The molecule has 0 bridgehead atoms. The van der Waals surface area contributed by atoms with Crippen molar-refractivity contribution < 1.29 is 9.72 Å². The van der Waals surface area contributed by atoms with Crippen LogP contribution in [0, 0.1) is 10.1 Å². The Morgan fingerprint density at radius 2 is 1.97 bits per heavy atom. The maximum Gasteiger partial charge on any atom is 0.289 e. The van der Waals surface area contributed by atoms with E-state index in [1.807, 2.05) is 0 Å². The highest BCUT2D eigenvalue weighted by molar-refractivity contribution is 7.99. The Balaban J connectivity index is 1.75. The standard InChI is InChI=1S/C19H14Cl3N5O3S/c1-2-7-26-18(13-5-3-11(20)8-15(13)22)24-25-19(26)31-10-17(28)23-12-4-6-14(21)16(9-12)27(29)30/h2-6,8-9H,1,7,10H2,(H,23,28). The van der Waals surface area contributed by atoms with E-state index in [1.165, 1.54) is 18.2 Å². The second-order valence-electron chi connectivity index (χ2n) is 6.09. The summed E-state index contributed by atoms with van der Waals surface area (Å²) in [5.74, 6) is 0.138. The van der Waals surface area contributed by atoms with Crippen LogP contribution in [0.1, 0.15) is 0 Å². The summed E-state index contributed by atoms with van der Waals surface area (Å²) in [6.45, 7) is 4.14. The van der Waals surface area contributed by atoms with Crippen LogP contribution in [0.4, 0.5) is 11.4 Å². The van der Waals surface area contributed by atoms with Gasteiger partial charge in [0.15, 0.2) is 11.0 Å². The molecule has 0 fully saturated rings. The molecule has 12 heteroatoms. The van der Waals surface area contributed by atoms with Gasteiger partial charge in [0, 0.05) is 28.9 Å². The molecule has 0 spiro atoms. The molecule has 0 aliphatic carbocycles. The van der Waals surface area contributed by atoms with Crippen LogP contribution >= 0.6 is 46.6 Å². The maximum absolute atomic E-state index is 12.3. The number of nitro benzene ring substituents is 1. The third kappa shape index (κ3) is 5.56. The minimum atomic E-state index is -0.617. The predicted octanol–water partition coefficient (Wildman–Crippen LogP) is 5.73. The van der Waals surface area contributed by atoms with E-state index in [1.54, 1.807) is 28.8 Å². The summed E-state index contributed by atoms with van der Waals surface area (Å²) in [6, 6.07) is 9.08. The lowest BCUT2D eigenvalue weighted by atomic mass is 10.2. The molecule has 8 nitrogen and oxygen atoms in total. The summed E-state index contributed by atoms with van der Waals surface area (Å²) in [4.78, 5) is 22.7. The van der Waals surface area contributed by atoms with Crippen LogP contribution in [-0.4, -0.2) is 31.3 Å². The van der Waals surface area contributed by atoms with Gasteiger partial charge in [0.1, 0.15) is 5.02 Å². The molecular weight excluding hydrogens is 485 g/mol. The molecule has 3 rings (SSSR count). The van der Waals surface area contributed by atoms with Gasteiger partial charge in [-0.05, 0) is 30.3 Å². The number of nitrogens with zero attached hydrogens (tertiary/aromatic N) is 4. The SMILES string of the molecule is C=CCn1c(SCC(=O)Nc2ccc(Cl)c([N+](=O)[O-])c2)nnc1-c1ccc(Cl)cc1Cl. The third-order valence-electron chi connectivity index (χ3n) is 3.96. The van der Waals surface area contributed by atoms with E-state index >= 15 is 0 Å². The van der Waals surface area contributed by atoms with Crippen molar-refractivity contribution in [2.24, 2.45) is 0 Å². The molecular formula is C19H14Cl3N5O3S. The van der Waals surface area contributed by atoms with Gasteiger partial charge in [-0.1, -0.05) is 52.6 Å². The van der Waals surface area contributed by atoms with Crippen molar-refractivity contribution in [2.75, 3.05) is 11.1 Å². The number of allylic oxidation sites excluding steroid dienone is 1. The summed E-state index contributed by atoms with van der Waals surface area (Å²) in [6.07, 6.45) is 1.67. The topological polar surface area (TPSA) is 103 Å². The van der Waals surface area contributed by atoms with Crippen LogP contribution < -0.4 is 5.32 Å². The van der Waals surface area contributed by atoms with Crippen LogP contribution in [0.5, 0.6) is 0 Å². The molecule has 0 atom stereocenters. The number of amides is 1. The number of aromatic nitrogens is 3. The first-order valence-corrected chi connectivity index (χ1v) is 10.8. The molecule has 1 aromatic heterocycles. The number of carbonyl (C=O) groups excluding carboxylic acids is 1. The number of carbonyl (C=O) groups is 1. The van der Waals surface area contributed by atoms with Crippen molar-refractivity contribution in [3.05, 3.63) is 74.2 Å². The zero-order chi connectivity index (χ0) is 22.5. The number of nitrogens with one attached hydrogen (secondary N) is 1. The van der Waals surface area contributed by atoms with E-state index in [0.29, 0.717) is 33.1 Å². The fraction of sp³-hybridized carbons (Fsp3) is 0.105. The lowest BCUT2D eigenvalue weighted by Gasteiger charge is -2.09. The number of rotatable bonds is 8. The van der Waals surface area contributed by atoms with Gasteiger partial charge in [0.25, 0.3) is 5.69 Å². The van der Waals surface area contributed by atoms with Crippen LogP contribution in [0.3, 0.4) is 0 Å². The molecule has 3 aromatic rings. The Bertz CT molecular complexity index is 1170. The molecule has 0 saturated carbocycles. The molecule has 1 heterocycles. The smallest absolute Gasteiger partial charge is 0.289 e. The number of halogens is 3. The van der Waals surface area contributed by atoms with Gasteiger partial charge in [-0.25, -0.2) is 0 Å². The van der Waals surface area contributed by atoms with Gasteiger partial charge in [0.2, 0.25) is 5.91 Å². The van der Waals surface area contributed by atoms with Gasteiger partial charge in [-0.15, -0.1) is 16.8 Å². The first kappa shape index (κ1) is 23.1. The summed E-state index contributed by atoms with van der Waals surface area (Å²) in [7, 11) is 0. The summed E-state index contributed by atoms with van der Waals surface area (Å²) < 4.78 is 1.77. The van der Waals surface area contributed by atoms with E-state index < -0.39 is 4.92 Å². The Morgan fingerprint density at radius 1 is 1.19 bits per heavy atom. The Hall–Kier alpha value is -2.59. The molecule has 0 unspecified atom stereocenters. The molecule has 0 radical (unpaired) electrons. The second kappa shape index (κ2) is 10.1. The number of hydrogen-bond acceptors (Lipinski definition) is 6. The van der Waals surface area contributed by atoms with Crippen molar-refractivity contribution >= 4 is 63.8 Å². The summed E-state index contributed by atoms with van der Waals surface area (Å²) >= 11 is 19.2. The van der Waals surface area contributed by atoms with Gasteiger partial charge in [-0.3, -0.25) is 19.5 Å². The van der Waals surface area contributed by atoms with Crippen molar-refractivity contribution in [1.82, 2.24) is 14.8 Å². The third-order valence-corrected chi connectivity index (χ3v) is 5.79. The fourth-order valence-electron chi connectivity index (χ4n) is 2.62. The van der Waals surface area contributed by atoms with Crippen molar-refractivity contribution in [1.29, 1.82) is 0 Å². The Labute approximate surface area is 196 Å². The summed E-state index contributed by atoms with van der Waals surface area (Å²) in [5, 5.41) is 23.3. The van der Waals surface area contributed by atoms with Crippen LogP contribution in [0.25, 0.3) is 11.4 Å². The maximum atomic E-state index is 12.3. The molecule has 0 saturated heterocycles.